The van der Waals surface area contributed by atoms with Crippen molar-refractivity contribution in [3.8, 4) is 0 Å². The van der Waals surface area contributed by atoms with Gasteiger partial charge in [-0.2, -0.15) is 0 Å². The maximum absolute atomic E-state index is 5.88. The highest BCUT2D eigenvalue weighted by molar-refractivity contribution is 4.80. The summed E-state index contributed by atoms with van der Waals surface area (Å²) in [4.78, 5) is 0. The van der Waals surface area contributed by atoms with E-state index in [-0.39, 0.29) is 12.2 Å². The van der Waals surface area contributed by atoms with Crippen LogP contribution in [0.4, 0.5) is 0 Å². The van der Waals surface area contributed by atoms with Crippen molar-refractivity contribution in [2.24, 2.45) is 0 Å². The van der Waals surface area contributed by atoms with Crippen molar-refractivity contribution < 1.29 is 18.9 Å². The Kier molecular flexibility index (Phi) is 3.43. The van der Waals surface area contributed by atoms with Crippen LogP contribution in [0, 0.1) is 0 Å². The van der Waals surface area contributed by atoms with Gasteiger partial charge in [-0.3, -0.25) is 0 Å². The van der Waals surface area contributed by atoms with Crippen LogP contribution in [0.25, 0.3) is 0 Å². The van der Waals surface area contributed by atoms with Gasteiger partial charge in [0, 0.05) is 0 Å². The molecule has 3 rings (SSSR count). The van der Waals surface area contributed by atoms with Crippen LogP contribution in [0.3, 0.4) is 0 Å². The van der Waals surface area contributed by atoms with Gasteiger partial charge in [0.05, 0.1) is 38.6 Å². The molecule has 0 bridgehead atoms. The van der Waals surface area contributed by atoms with E-state index < -0.39 is 0 Å². The highest BCUT2D eigenvalue weighted by atomic mass is 16.6. The average Bonchev–Trinajstić information content (AvgIpc) is 3.17. The average molecular weight is 228 g/mol. The first kappa shape index (κ1) is 11.0. The molecule has 0 aromatic rings. The van der Waals surface area contributed by atoms with Gasteiger partial charge >= 0.3 is 0 Å². The molecular formula is C12H20O4. The van der Waals surface area contributed by atoms with Crippen molar-refractivity contribution >= 4 is 0 Å². The number of ether oxygens (including phenoxy) is 4. The van der Waals surface area contributed by atoms with E-state index in [4.69, 9.17) is 18.9 Å². The fourth-order valence-corrected chi connectivity index (χ4v) is 2.23. The van der Waals surface area contributed by atoms with Gasteiger partial charge in [-0.15, -0.1) is 0 Å². The van der Waals surface area contributed by atoms with Gasteiger partial charge in [0.15, 0.2) is 0 Å². The Bertz CT molecular complexity index is 201. The van der Waals surface area contributed by atoms with Gasteiger partial charge in [-0.05, 0) is 12.8 Å². The zero-order chi connectivity index (χ0) is 10.8. The smallest absolute Gasteiger partial charge is 0.104 e. The predicted molar refractivity (Wildman–Crippen MR) is 57.4 cm³/mol. The van der Waals surface area contributed by atoms with Gasteiger partial charge in [0.25, 0.3) is 0 Å². The quantitative estimate of drug-likeness (QED) is 0.639. The van der Waals surface area contributed by atoms with Crippen molar-refractivity contribution in [2.45, 2.75) is 50.1 Å². The van der Waals surface area contributed by atoms with Gasteiger partial charge in [0.2, 0.25) is 0 Å². The molecule has 4 unspecified atom stereocenters. The highest BCUT2D eigenvalue weighted by Crippen LogP contribution is 2.26. The van der Waals surface area contributed by atoms with Crippen molar-refractivity contribution in [3.63, 3.8) is 0 Å². The molecule has 3 fully saturated rings. The summed E-state index contributed by atoms with van der Waals surface area (Å²) >= 11 is 0. The Morgan fingerprint density at radius 3 is 1.62 bits per heavy atom. The Balaban J connectivity index is 1.42. The van der Waals surface area contributed by atoms with Gasteiger partial charge in [-0.1, -0.05) is 12.8 Å². The fraction of sp³-hybridized carbons (Fsp3) is 1.00. The molecule has 92 valence electrons. The third kappa shape index (κ3) is 3.17. The lowest BCUT2D eigenvalue weighted by Crippen LogP contribution is -2.36. The maximum Gasteiger partial charge on any atom is 0.104 e. The third-order valence-electron chi connectivity index (χ3n) is 3.44. The first-order valence-electron chi connectivity index (χ1n) is 6.38. The van der Waals surface area contributed by atoms with Gasteiger partial charge in [-0.25, -0.2) is 0 Å². The first-order chi connectivity index (χ1) is 7.92. The van der Waals surface area contributed by atoms with E-state index in [0.29, 0.717) is 12.2 Å². The Morgan fingerprint density at radius 1 is 0.812 bits per heavy atom. The molecule has 4 nitrogen and oxygen atoms in total. The molecule has 4 atom stereocenters. The Morgan fingerprint density at radius 2 is 1.25 bits per heavy atom. The lowest BCUT2D eigenvalue weighted by Gasteiger charge is -2.31. The predicted octanol–water partition coefficient (Wildman–Crippen LogP) is 1.13. The zero-order valence-corrected chi connectivity index (χ0v) is 9.60. The molecule has 0 N–H and O–H groups in total. The number of hydrogen-bond donors (Lipinski definition) is 0. The fourth-order valence-electron chi connectivity index (χ4n) is 2.23. The molecule has 2 saturated heterocycles. The molecule has 0 aromatic carbocycles. The second kappa shape index (κ2) is 5.00. The van der Waals surface area contributed by atoms with E-state index >= 15 is 0 Å². The lowest BCUT2D eigenvalue weighted by atomic mass is 9.94. The number of epoxide rings is 2. The summed E-state index contributed by atoms with van der Waals surface area (Å²) in [6.07, 6.45) is 6.04. The Hall–Kier alpha value is -0.160. The second-order valence-electron chi connectivity index (χ2n) is 4.94. The lowest BCUT2D eigenvalue weighted by molar-refractivity contribution is -0.0968. The van der Waals surface area contributed by atoms with E-state index in [0.717, 1.165) is 39.3 Å². The van der Waals surface area contributed by atoms with Crippen LogP contribution in [0.2, 0.25) is 0 Å². The second-order valence-corrected chi connectivity index (χ2v) is 4.94. The molecular weight excluding hydrogens is 208 g/mol. The van der Waals surface area contributed by atoms with Crippen LogP contribution < -0.4 is 0 Å². The van der Waals surface area contributed by atoms with Crippen LogP contribution in [0.15, 0.2) is 0 Å². The number of rotatable bonds is 6. The molecule has 1 aliphatic carbocycles. The minimum Gasteiger partial charge on any atom is -0.373 e. The summed E-state index contributed by atoms with van der Waals surface area (Å²) in [5.41, 5.74) is 0. The molecule has 1 saturated carbocycles. The largest absolute Gasteiger partial charge is 0.373 e. The topological polar surface area (TPSA) is 43.5 Å². The van der Waals surface area contributed by atoms with E-state index in [1.54, 1.807) is 0 Å². The molecule has 2 heterocycles. The summed E-state index contributed by atoms with van der Waals surface area (Å²) in [5.74, 6) is 0. The standard InChI is InChI=1S/C12H20O4/c1-2-4-12(16-8-10-6-14-10)11(3-1)15-7-9-5-13-9/h9-12H,1-8H2. The molecule has 3 aliphatic rings. The molecule has 16 heavy (non-hydrogen) atoms. The summed E-state index contributed by atoms with van der Waals surface area (Å²) in [6, 6.07) is 0. The van der Waals surface area contributed by atoms with Crippen molar-refractivity contribution in [1.82, 2.24) is 0 Å². The van der Waals surface area contributed by atoms with E-state index in [1.165, 1.54) is 12.8 Å². The molecule has 0 spiro atoms. The van der Waals surface area contributed by atoms with E-state index in [1.807, 2.05) is 0 Å². The normalized spacial score (nSPS) is 42.0. The number of hydrogen-bond acceptors (Lipinski definition) is 4. The minimum atomic E-state index is 0.275. The first-order valence-corrected chi connectivity index (χ1v) is 6.38. The van der Waals surface area contributed by atoms with Crippen molar-refractivity contribution in [1.29, 1.82) is 0 Å². The zero-order valence-electron chi connectivity index (χ0n) is 9.60. The van der Waals surface area contributed by atoms with Gasteiger partial charge in [0.1, 0.15) is 12.2 Å². The van der Waals surface area contributed by atoms with Crippen LogP contribution in [-0.2, 0) is 18.9 Å². The van der Waals surface area contributed by atoms with Crippen LogP contribution in [0.5, 0.6) is 0 Å². The summed E-state index contributed by atoms with van der Waals surface area (Å²) < 4.78 is 22.1. The molecule has 0 aromatic heterocycles. The van der Waals surface area contributed by atoms with Crippen molar-refractivity contribution in [3.05, 3.63) is 0 Å². The highest BCUT2D eigenvalue weighted by Gasteiger charge is 2.32. The minimum absolute atomic E-state index is 0.275. The van der Waals surface area contributed by atoms with E-state index in [9.17, 15) is 0 Å². The Labute approximate surface area is 96.2 Å². The molecule has 2 aliphatic heterocycles. The molecule has 0 amide bonds. The summed E-state index contributed by atoms with van der Waals surface area (Å²) in [7, 11) is 0. The maximum atomic E-state index is 5.88. The third-order valence-corrected chi connectivity index (χ3v) is 3.44. The summed E-state index contributed by atoms with van der Waals surface area (Å²) in [6.45, 7) is 3.22. The van der Waals surface area contributed by atoms with E-state index in [2.05, 4.69) is 0 Å². The van der Waals surface area contributed by atoms with Gasteiger partial charge < -0.3 is 18.9 Å². The van der Waals surface area contributed by atoms with Crippen LogP contribution in [-0.4, -0.2) is 50.8 Å². The molecule has 0 radical (unpaired) electrons. The SMILES string of the molecule is C1CCC(OCC2CO2)C(OCC2CO2)C1. The van der Waals surface area contributed by atoms with Crippen LogP contribution in [0.1, 0.15) is 25.7 Å². The van der Waals surface area contributed by atoms with Crippen LogP contribution >= 0.6 is 0 Å². The van der Waals surface area contributed by atoms with Crippen molar-refractivity contribution in [2.75, 3.05) is 26.4 Å². The monoisotopic (exact) mass is 228 g/mol. The summed E-state index contributed by atoms with van der Waals surface area (Å²) in [5, 5.41) is 0. The molecule has 4 heteroatoms.